The third kappa shape index (κ3) is 5.12. The zero-order valence-corrected chi connectivity index (χ0v) is 12.1. The Labute approximate surface area is 114 Å². The molecule has 1 rings (SSSR count). The van der Waals surface area contributed by atoms with Crippen LogP contribution in [0.25, 0.3) is 0 Å². The summed E-state index contributed by atoms with van der Waals surface area (Å²) in [4.78, 5) is 23.7. The Kier molecular flexibility index (Phi) is 4.70. The van der Waals surface area contributed by atoms with Crippen molar-refractivity contribution in [1.82, 2.24) is 0 Å². The van der Waals surface area contributed by atoms with Crippen molar-refractivity contribution in [2.45, 2.75) is 40.2 Å². The predicted octanol–water partition coefficient (Wildman–Crippen LogP) is 2.91. The van der Waals surface area contributed by atoms with E-state index in [0.717, 1.165) is 5.56 Å². The fourth-order valence-electron chi connectivity index (χ4n) is 1.38. The third-order valence-corrected chi connectivity index (χ3v) is 2.47. The van der Waals surface area contributed by atoms with Crippen molar-refractivity contribution < 1.29 is 14.3 Å². The number of anilines is 1. The molecule has 104 valence electrons. The van der Waals surface area contributed by atoms with Gasteiger partial charge < -0.3 is 10.1 Å². The molecule has 0 fully saturated rings. The van der Waals surface area contributed by atoms with Crippen LogP contribution >= 0.6 is 0 Å². The van der Waals surface area contributed by atoms with Crippen molar-refractivity contribution in [2.24, 2.45) is 5.92 Å². The Balaban J connectivity index is 2.62. The van der Waals surface area contributed by atoms with Crippen LogP contribution in [0.3, 0.4) is 0 Å². The van der Waals surface area contributed by atoms with Crippen molar-refractivity contribution >= 4 is 17.6 Å². The summed E-state index contributed by atoms with van der Waals surface area (Å²) in [6.07, 6.45) is 0. The van der Waals surface area contributed by atoms with E-state index in [-0.39, 0.29) is 5.91 Å². The maximum absolute atomic E-state index is 11.9. The lowest BCUT2D eigenvalue weighted by molar-refractivity contribution is -0.160. The molecule has 19 heavy (non-hydrogen) atoms. The Morgan fingerprint density at radius 3 is 2.16 bits per heavy atom. The van der Waals surface area contributed by atoms with Gasteiger partial charge in [-0.05, 0) is 46.8 Å². The molecule has 1 amide bonds. The summed E-state index contributed by atoms with van der Waals surface area (Å²) in [5, 5.41) is 2.70. The minimum atomic E-state index is -0.833. The van der Waals surface area contributed by atoms with Crippen LogP contribution in [0.1, 0.15) is 33.3 Å². The number of amides is 1. The summed E-state index contributed by atoms with van der Waals surface area (Å²) < 4.78 is 5.18. The lowest BCUT2D eigenvalue weighted by Crippen LogP contribution is -2.33. The topological polar surface area (TPSA) is 55.4 Å². The molecule has 0 saturated carbocycles. The molecule has 1 N–H and O–H groups in total. The highest BCUT2D eigenvalue weighted by Crippen LogP contribution is 2.14. The van der Waals surface area contributed by atoms with E-state index in [0.29, 0.717) is 5.69 Å². The van der Waals surface area contributed by atoms with E-state index in [1.165, 1.54) is 6.92 Å². The lowest BCUT2D eigenvalue weighted by atomic mass is 10.1. The first-order chi connectivity index (χ1) is 8.69. The first-order valence-electron chi connectivity index (χ1n) is 6.29. The van der Waals surface area contributed by atoms with Crippen LogP contribution < -0.4 is 5.32 Å². The Hall–Kier alpha value is -1.84. The van der Waals surface area contributed by atoms with Crippen molar-refractivity contribution in [2.75, 3.05) is 5.32 Å². The molecular formula is C15H21NO3. The van der Waals surface area contributed by atoms with Crippen molar-refractivity contribution in [1.29, 1.82) is 0 Å². The normalized spacial score (nSPS) is 12.7. The van der Waals surface area contributed by atoms with Gasteiger partial charge in [0.2, 0.25) is 5.91 Å². The average Bonchev–Trinajstić information content (AvgIpc) is 2.28. The molecule has 1 unspecified atom stereocenters. The standard InChI is InChI=1S/C15H21NO3/c1-10-6-8-12(9-7-10)16-13(17)11(2)14(18)19-15(3,4)5/h6-9,11H,1-5H3,(H,16,17). The fourth-order valence-corrected chi connectivity index (χ4v) is 1.38. The number of ether oxygens (including phenoxy) is 1. The number of benzene rings is 1. The second kappa shape index (κ2) is 5.87. The molecule has 0 aliphatic carbocycles. The number of aryl methyl sites for hydroxylation is 1. The second-order valence-corrected chi connectivity index (χ2v) is 5.61. The SMILES string of the molecule is Cc1ccc(NC(=O)C(C)C(=O)OC(C)(C)C)cc1. The van der Waals surface area contributed by atoms with Gasteiger partial charge in [-0.25, -0.2) is 0 Å². The van der Waals surface area contributed by atoms with Crippen molar-refractivity contribution in [3.05, 3.63) is 29.8 Å². The van der Waals surface area contributed by atoms with Gasteiger partial charge in [-0.1, -0.05) is 17.7 Å². The molecule has 0 bridgehead atoms. The summed E-state index contributed by atoms with van der Waals surface area (Å²) in [5.41, 5.74) is 1.19. The van der Waals surface area contributed by atoms with Gasteiger partial charge in [0, 0.05) is 5.69 Å². The largest absolute Gasteiger partial charge is 0.459 e. The Bertz CT molecular complexity index is 457. The minimum absolute atomic E-state index is 0.363. The van der Waals surface area contributed by atoms with Gasteiger partial charge in [0.1, 0.15) is 11.5 Å². The van der Waals surface area contributed by atoms with Crippen LogP contribution in [0.5, 0.6) is 0 Å². The van der Waals surface area contributed by atoms with Crippen molar-refractivity contribution in [3.8, 4) is 0 Å². The van der Waals surface area contributed by atoms with Gasteiger partial charge >= 0.3 is 5.97 Å². The van der Waals surface area contributed by atoms with Crippen LogP contribution in [-0.2, 0) is 14.3 Å². The van der Waals surface area contributed by atoms with Gasteiger partial charge in [-0.2, -0.15) is 0 Å². The molecular weight excluding hydrogens is 242 g/mol. The van der Waals surface area contributed by atoms with Crippen LogP contribution in [0, 0.1) is 12.8 Å². The molecule has 0 aromatic heterocycles. The molecule has 0 spiro atoms. The number of carbonyl (C=O) groups excluding carboxylic acids is 2. The second-order valence-electron chi connectivity index (χ2n) is 5.61. The van der Waals surface area contributed by atoms with Gasteiger partial charge in [0.25, 0.3) is 0 Å². The van der Waals surface area contributed by atoms with Crippen molar-refractivity contribution in [3.63, 3.8) is 0 Å². The van der Waals surface area contributed by atoms with Crippen LogP contribution in [0.4, 0.5) is 5.69 Å². The van der Waals surface area contributed by atoms with E-state index < -0.39 is 17.5 Å². The van der Waals surface area contributed by atoms with Gasteiger partial charge in [-0.3, -0.25) is 9.59 Å². The quantitative estimate of drug-likeness (QED) is 0.674. The number of carbonyl (C=O) groups is 2. The van der Waals surface area contributed by atoms with Crippen LogP contribution in [0.2, 0.25) is 0 Å². The lowest BCUT2D eigenvalue weighted by Gasteiger charge is -2.21. The van der Waals surface area contributed by atoms with E-state index >= 15 is 0 Å². The van der Waals surface area contributed by atoms with E-state index in [4.69, 9.17) is 4.74 Å². The summed E-state index contributed by atoms with van der Waals surface area (Å²) in [5.74, 6) is -1.71. The molecule has 0 aliphatic heterocycles. The molecule has 4 heteroatoms. The molecule has 4 nitrogen and oxygen atoms in total. The highest BCUT2D eigenvalue weighted by molar-refractivity contribution is 6.04. The fraction of sp³-hybridized carbons (Fsp3) is 0.467. The Morgan fingerprint density at radius 2 is 1.68 bits per heavy atom. The van der Waals surface area contributed by atoms with Gasteiger partial charge in [0.15, 0.2) is 0 Å². The molecule has 1 atom stereocenters. The van der Waals surface area contributed by atoms with E-state index in [9.17, 15) is 9.59 Å². The monoisotopic (exact) mass is 263 g/mol. The summed E-state index contributed by atoms with van der Waals surface area (Å²) in [7, 11) is 0. The van der Waals surface area contributed by atoms with Crippen LogP contribution in [-0.4, -0.2) is 17.5 Å². The smallest absolute Gasteiger partial charge is 0.318 e. The van der Waals surface area contributed by atoms with E-state index in [2.05, 4.69) is 5.32 Å². The van der Waals surface area contributed by atoms with Crippen LogP contribution in [0.15, 0.2) is 24.3 Å². The average molecular weight is 263 g/mol. The molecule has 0 saturated heterocycles. The highest BCUT2D eigenvalue weighted by Gasteiger charge is 2.27. The number of hydrogen-bond acceptors (Lipinski definition) is 3. The maximum atomic E-state index is 11.9. The molecule has 0 aliphatic rings. The Morgan fingerprint density at radius 1 is 1.16 bits per heavy atom. The molecule has 1 aromatic carbocycles. The minimum Gasteiger partial charge on any atom is -0.459 e. The number of esters is 1. The van der Waals surface area contributed by atoms with E-state index in [1.54, 1.807) is 32.9 Å². The first kappa shape index (κ1) is 15.2. The summed E-state index contributed by atoms with van der Waals surface area (Å²) >= 11 is 0. The maximum Gasteiger partial charge on any atom is 0.318 e. The third-order valence-electron chi connectivity index (χ3n) is 2.47. The van der Waals surface area contributed by atoms with Gasteiger partial charge in [-0.15, -0.1) is 0 Å². The first-order valence-corrected chi connectivity index (χ1v) is 6.29. The summed E-state index contributed by atoms with van der Waals surface area (Å²) in [6, 6.07) is 7.39. The van der Waals surface area contributed by atoms with Gasteiger partial charge in [0.05, 0.1) is 0 Å². The zero-order valence-electron chi connectivity index (χ0n) is 12.1. The highest BCUT2D eigenvalue weighted by atomic mass is 16.6. The summed E-state index contributed by atoms with van der Waals surface area (Å²) in [6.45, 7) is 8.83. The molecule has 1 aromatic rings. The number of hydrogen-bond donors (Lipinski definition) is 1. The molecule has 0 heterocycles. The zero-order chi connectivity index (χ0) is 14.6. The number of nitrogens with one attached hydrogen (secondary N) is 1. The number of rotatable bonds is 3. The predicted molar refractivity (Wildman–Crippen MR) is 74.8 cm³/mol. The van der Waals surface area contributed by atoms with E-state index in [1.807, 2.05) is 19.1 Å². The molecule has 0 radical (unpaired) electrons.